The van der Waals surface area contributed by atoms with E-state index in [1.165, 1.54) is 28.8 Å². The summed E-state index contributed by atoms with van der Waals surface area (Å²) < 4.78 is 35.1. The van der Waals surface area contributed by atoms with Crippen LogP contribution in [0.15, 0.2) is 41.5 Å². The molecule has 2 N–H and O–H groups in total. The van der Waals surface area contributed by atoms with Gasteiger partial charge in [0.25, 0.3) is 5.91 Å². The molecule has 4 rings (SSSR count). The normalized spacial score (nSPS) is 17.0. The molecule has 3 heterocycles. The number of carbonyl (C=O) groups excluding carboxylic acids is 2. The third-order valence-corrected chi connectivity index (χ3v) is 6.03. The number of amides is 2. The van der Waals surface area contributed by atoms with Crippen LogP contribution in [0, 0.1) is 11.6 Å². The largest absolute Gasteiger partial charge is 0.444 e. The summed E-state index contributed by atoms with van der Waals surface area (Å²) in [4.78, 5) is 37.6. The first-order valence-corrected chi connectivity index (χ1v) is 11.8. The molecule has 0 fully saturated rings. The number of aromatic nitrogens is 3. The lowest BCUT2D eigenvalue weighted by molar-refractivity contribution is 0.0562. The van der Waals surface area contributed by atoms with Crippen LogP contribution in [0.25, 0.3) is 0 Å². The number of amidine groups is 1. The Morgan fingerprint density at radius 3 is 2.51 bits per heavy atom. The minimum absolute atomic E-state index is 0.0205. The number of nitrogens with one attached hydrogen (secondary N) is 2. The van der Waals surface area contributed by atoms with Crippen molar-refractivity contribution in [3.05, 3.63) is 75.6 Å². The molecule has 2 aromatic heterocycles. The van der Waals surface area contributed by atoms with E-state index in [1.807, 2.05) is 0 Å². The van der Waals surface area contributed by atoms with Crippen LogP contribution in [0.4, 0.5) is 19.3 Å². The molecule has 2 amide bonds. The van der Waals surface area contributed by atoms with Crippen molar-refractivity contribution in [2.75, 3.05) is 5.32 Å². The predicted octanol–water partition coefficient (Wildman–Crippen LogP) is 5.32. The first kappa shape index (κ1) is 26.5. The number of carbonyl (C=O) groups is 2. The fourth-order valence-corrected chi connectivity index (χ4v) is 4.08. The molecule has 1 atom stereocenters. The average molecular weight is 551 g/mol. The SMILES string of the molecule is CC(C)(C)OC(=O)NC1=NC(C)(c2cc(NC(=O)c3ccc(F)cn3)ccc2F)Cn2c1nc(Cl)c2Cl. The summed E-state index contributed by atoms with van der Waals surface area (Å²) in [5.41, 5.74) is -1.80. The number of hydrogen-bond acceptors (Lipinski definition) is 6. The summed E-state index contributed by atoms with van der Waals surface area (Å²) in [6, 6.07) is 6.27. The topological polar surface area (TPSA) is 110 Å². The van der Waals surface area contributed by atoms with E-state index in [9.17, 15) is 14.0 Å². The zero-order chi connectivity index (χ0) is 27.1. The molecule has 1 unspecified atom stereocenters. The predicted molar refractivity (Wildman–Crippen MR) is 134 cm³/mol. The van der Waals surface area contributed by atoms with Crippen LogP contribution in [0.3, 0.4) is 0 Å². The van der Waals surface area contributed by atoms with E-state index in [1.54, 1.807) is 27.7 Å². The van der Waals surface area contributed by atoms with E-state index in [2.05, 4.69) is 25.6 Å². The molecule has 0 saturated heterocycles. The van der Waals surface area contributed by atoms with Gasteiger partial charge in [0.15, 0.2) is 16.8 Å². The standard InChI is InChI=1S/C24H22Cl2F2N6O3/c1-23(2,3)37-22(36)32-19-20-31-17(25)18(26)34(20)11-24(4,33-19)14-9-13(6-7-15(14)28)30-21(35)16-8-5-12(27)10-29-16/h5-10H,11H2,1-4H3,(H,30,35)(H,32,33,36). The zero-order valence-corrected chi connectivity index (χ0v) is 21.7. The van der Waals surface area contributed by atoms with Crippen molar-refractivity contribution in [3.8, 4) is 0 Å². The number of ether oxygens (including phenoxy) is 1. The van der Waals surface area contributed by atoms with Crippen LogP contribution in [0.5, 0.6) is 0 Å². The van der Waals surface area contributed by atoms with Crippen LogP contribution < -0.4 is 10.6 Å². The Labute approximate surface area is 220 Å². The van der Waals surface area contributed by atoms with Crippen LogP contribution in [0.1, 0.15) is 49.6 Å². The summed E-state index contributed by atoms with van der Waals surface area (Å²) in [5.74, 6) is -1.68. The molecule has 0 aliphatic carbocycles. The monoisotopic (exact) mass is 550 g/mol. The Morgan fingerprint density at radius 1 is 1.14 bits per heavy atom. The Bertz CT molecular complexity index is 1420. The highest BCUT2D eigenvalue weighted by Crippen LogP contribution is 2.38. The van der Waals surface area contributed by atoms with Crippen molar-refractivity contribution in [3.63, 3.8) is 0 Å². The number of alkyl carbamates (subject to hydrolysis) is 1. The van der Waals surface area contributed by atoms with Crippen LogP contribution in [-0.2, 0) is 16.8 Å². The van der Waals surface area contributed by atoms with Crippen molar-refractivity contribution in [2.45, 2.75) is 45.4 Å². The minimum Gasteiger partial charge on any atom is -0.444 e. The maximum atomic E-state index is 15.2. The fraction of sp³-hybridized carbons (Fsp3) is 0.292. The summed E-state index contributed by atoms with van der Waals surface area (Å²) in [7, 11) is 0. The van der Waals surface area contributed by atoms with Crippen LogP contribution in [0.2, 0.25) is 10.3 Å². The van der Waals surface area contributed by atoms with Gasteiger partial charge in [-0.3, -0.25) is 15.1 Å². The molecule has 3 aromatic rings. The number of halogens is 4. The summed E-state index contributed by atoms with van der Waals surface area (Å²) in [5, 5.41) is 5.21. The maximum absolute atomic E-state index is 15.2. The zero-order valence-electron chi connectivity index (χ0n) is 20.2. The number of benzene rings is 1. The van der Waals surface area contributed by atoms with Crippen molar-refractivity contribution < 1.29 is 23.1 Å². The number of imidazole rings is 1. The van der Waals surface area contributed by atoms with Gasteiger partial charge in [0, 0.05) is 11.3 Å². The molecular weight excluding hydrogens is 529 g/mol. The highest BCUT2D eigenvalue weighted by Gasteiger charge is 2.38. The molecule has 0 spiro atoms. The number of nitrogens with zero attached hydrogens (tertiary/aromatic N) is 4. The van der Waals surface area contributed by atoms with Gasteiger partial charge in [0.1, 0.15) is 33.6 Å². The lowest BCUT2D eigenvalue weighted by atomic mass is 9.90. The molecule has 1 aliphatic rings. The van der Waals surface area contributed by atoms with Gasteiger partial charge < -0.3 is 14.6 Å². The van der Waals surface area contributed by atoms with Crippen LogP contribution in [-0.4, -0.2) is 38.0 Å². The van der Waals surface area contributed by atoms with Crippen molar-refractivity contribution in [1.82, 2.24) is 19.9 Å². The molecule has 0 radical (unpaired) electrons. The lowest BCUT2D eigenvalue weighted by Gasteiger charge is -2.33. The van der Waals surface area contributed by atoms with Gasteiger partial charge in [-0.2, -0.15) is 0 Å². The van der Waals surface area contributed by atoms with Gasteiger partial charge >= 0.3 is 6.09 Å². The number of fused-ring (bicyclic) bond motifs is 1. The van der Waals surface area contributed by atoms with Gasteiger partial charge in [0.05, 0.1) is 12.7 Å². The Morgan fingerprint density at radius 2 is 1.86 bits per heavy atom. The smallest absolute Gasteiger partial charge is 0.413 e. The number of rotatable bonds is 3. The van der Waals surface area contributed by atoms with E-state index >= 15 is 4.39 Å². The molecule has 13 heteroatoms. The number of anilines is 1. The second-order valence-corrected chi connectivity index (χ2v) is 10.2. The van der Waals surface area contributed by atoms with Crippen molar-refractivity contribution in [1.29, 1.82) is 0 Å². The van der Waals surface area contributed by atoms with E-state index in [-0.39, 0.29) is 45.5 Å². The van der Waals surface area contributed by atoms with E-state index < -0.39 is 34.8 Å². The minimum atomic E-state index is -1.32. The second kappa shape index (κ2) is 9.71. The first-order chi connectivity index (χ1) is 17.3. The highest BCUT2D eigenvalue weighted by atomic mass is 35.5. The summed E-state index contributed by atoms with van der Waals surface area (Å²) >= 11 is 12.5. The van der Waals surface area contributed by atoms with Gasteiger partial charge in [-0.1, -0.05) is 23.2 Å². The van der Waals surface area contributed by atoms with E-state index in [0.29, 0.717) is 0 Å². The van der Waals surface area contributed by atoms with Gasteiger partial charge in [0.2, 0.25) is 0 Å². The quantitative estimate of drug-likeness (QED) is 0.458. The molecule has 37 heavy (non-hydrogen) atoms. The number of hydrogen-bond donors (Lipinski definition) is 2. The van der Waals surface area contributed by atoms with Gasteiger partial charge in [-0.25, -0.2) is 23.5 Å². The van der Waals surface area contributed by atoms with Gasteiger partial charge in [-0.15, -0.1) is 0 Å². The van der Waals surface area contributed by atoms with E-state index in [0.717, 1.165) is 12.3 Å². The summed E-state index contributed by atoms with van der Waals surface area (Å²) in [6.07, 6.45) is 0.116. The average Bonchev–Trinajstić information content (AvgIpc) is 3.08. The number of aliphatic imine (C=N–C) groups is 1. The second-order valence-electron chi connectivity index (χ2n) is 9.47. The third-order valence-electron chi connectivity index (χ3n) is 5.29. The Kier molecular flexibility index (Phi) is 6.95. The molecular formula is C24H22Cl2F2N6O3. The van der Waals surface area contributed by atoms with Crippen LogP contribution >= 0.6 is 23.2 Å². The molecule has 0 bridgehead atoms. The molecule has 9 nitrogen and oxygen atoms in total. The van der Waals surface area contributed by atoms with Gasteiger partial charge in [-0.05, 0) is 58.0 Å². The molecule has 1 aliphatic heterocycles. The maximum Gasteiger partial charge on any atom is 0.413 e. The molecule has 1 aromatic carbocycles. The first-order valence-electron chi connectivity index (χ1n) is 11.0. The fourth-order valence-electron chi connectivity index (χ4n) is 3.72. The summed E-state index contributed by atoms with van der Waals surface area (Å²) in [6.45, 7) is 6.75. The third kappa shape index (κ3) is 5.72. The molecule has 194 valence electrons. The lowest BCUT2D eigenvalue weighted by Crippen LogP contribution is -2.44. The number of pyridine rings is 1. The van der Waals surface area contributed by atoms with E-state index in [4.69, 9.17) is 27.9 Å². The molecule has 0 saturated carbocycles. The highest BCUT2D eigenvalue weighted by molar-refractivity contribution is 6.41. The Hall–Kier alpha value is -3.57. The van der Waals surface area contributed by atoms with Crippen molar-refractivity contribution >= 4 is 46.7 Å². The Balaban J connectivity index is 1.71. The van der Waals surface area contributed by atoms with Crippen molar-refractivity contribution in [2.24, 2.45) is 4.99 Å².